The smallest absolute Gasteiger partial charge is 0.205 e. The van der Waals surface area contributed by atoms with Gasteiger partial charge in [-0.05, 0) is 19.9 Å². The van der Waals surface area contributed by atoms with Crippen molar-refractivity contribution in [1.29, 1.82) is 0 Å². The van der Waals surface area contributed by atoms with Crippen molar-refractivity contribution in [3.8, 4) is 0 Å². The van der Waals surface area contributed by atoms with Crippen molar-refractivity contribution in [3.63, 3.8) is 0 Å². The Hall–Kier alpha value is -0.0400. The third-order valence-corrected chi connectivity index (χ3v) is 4.30. The molecule has 0 amide bonds. The molecule has 4 nitrogen and oxygen atoms in total. The Labute approximate surface area is 98.1 Å². The van der Waals surface area contributed by atoms with Crippen LogP contribution in [0, 0.1) is 0 Å². The van der Waals surface area contributed by atoms with E-state index < -0.39 is 0 Å². The Bertz CT molecular complexity index is 248. The fraction of sp³-hybridized carbons (Fsp3) is 0.778. The number of nitrogens with two attached hydrogens (primary N) is 1. The van der Waals surface area contributed by atoms with E-state index in [1.807, 2.05) is 7.05 Å². The first-order valence-electron chi connectivity index (χ1n) is 4.91. The van der Waals surface area contributed by atoms with Gasteiger partial charge in [-0.2, -0.15) is 0 Å². The summed E-state index contributed by atoms with van der Waals surface area (Å²) in [7, 11) is 1.83. The molecule has 2 fully saturated rings. The van der Waals surface area contributed by atoms with E-state index in [-0.39, 0.29) is 17.2 Å². The largest absolute Gasteiger partial charge is 0.321 e. The van der Waals surface area contributed by atoms with Gasteiger partial charge in [-0.25, -0.2) is 0 Å². The van der Waals surface area contributed by atoms with E-state index in [1.165, 1.54) is 23.5 Å². The molecule has 0 aromatic carbocycles. The Balaban J connectivity index is 0.000000151. The summed E-state index contributed by atoms with van der Waals surface area (Å²) in [4.78, 5) is 21.1. The molecule has 2 aliphatic rings. The number of carbonyl (C=O) groups is 2. The average Bonchev–Trinajstić information content (AvgIpc) is 2.78. The van der Waals surface area contributed by atoms with Crippen LogP contribution in [0.5, 0.6) is 0 Å². The predicted molar refractivity (Wildman–Crippen MR) is 65.0 cm³/mol. The van der Waals surface area contributed by atoms with Crippen LogP contribution in [0.2, 0.25) is 0 Å². The van der Waals surface area contributed by atoms with Crippen molar-refractivity contribution >= 4 is 33.8 Å². The predicted octanol–water partition coefficient (Wildman–Crippen LogP) is 0.215. The first kappa shape index (κ1) is 13.0. The number of hydrogen-bond acceptors (Lipinski definition) is 6. The number of carbonyl (C=O) groups excluding carboxylic acids is 2. The van der Waals surface area contributed by atoms with Gasteiger partial charge in [-0.15, -0.1) is 0 Å². The number of thioether (sulfide) groups is 2. The molecule has 0 radical (unpaired) electrons. The molecule has 2 atom stereocenters. The first-order chi connectivity index (χ1) is 7.15. The first-order valence-corrected chi connectivity index (χ1v) is 6.88. The fourth-order valence-electron chi connectivity index (χ4n) is 1.27. The van der Waals surface area contributed by atoms with E-state index in [0.717, 1.165) is 24.3 Å². The van der Waals surface area contributed by atoms with Gasteiger partial charge >= 0.3 is 0 Å². The molecule has 86 valence electrons. The number of nitrogens with one attached hydrogen (secondary N) is 1. The number of likely N-dealkylation sites (N-methyl/N-ethyl adjacent to an activating group) is 1. The molecule has 15 heavy (non-hydrogen) atoms. The SMILES string of the molecule is CNC1CCSC1=O.NC1CCSC1=O. The van der Waals surface area contributed by atoms with E-state index in [0.29, 0.717) is 5.12 Å². The van der Waals surface area contributed by atoms with E-state index >= 15 is 0 Å². The zero-order valence-electron chi connectivity index (χ0n) is 8.69. The van der Waals surface area contributed by atoms with Crippen LogP contribution in [0.3, 0.4) is 0 Å². The summed E-state index contributed by atoms with van der Waals surface area (Å²) in [5.74, 6) is 1.91. The third kappa shape index (κ3) is 4.14. The zero-order valence-corrected chi connectivity index (χ0v) is 10.3. The van der Waals surface area contributed by atoms with Gasteiger partial charge in [0.05, 0.1) is 12.1 Å². The molecular formula is C9H16N2O2S2. The molecule has 3 N–H and O–H groups in total. The molecule has 0 aromatic rings. The van der Waals surface area contributed by atoms with Gasteiger partial charge in [-0.1, -0.05) is 23.5 Å². The molecule has 0 saturated carbocycles. The van der Waals surface area contributed by atoms with Crippen molar-refractivity contribution in [2.45, 2.75) is 24.9 Å². The standard InChI is InChI=1S/C5H9NOS.C4H7NOS/c1-6-4-2-3-8-5(4)7;5-3-1-2-7-4(3)6/h4,6H,2-3H2,1H3;3H,1-2,5H2. The second-order valence-corrected chi connectivity index (χ2v) is 5.56. The highest BCUT2D eigenvalue weighted by Crippen LogP contribution is 2.18. The monoisotopic (exact) mass is 248 g/mol. The molecule has 2 aliphatic heterocycles. The van der Waals surface area contributed by atoms with Crippen molar-refractivity contribution in [2.24, 2.45) is 5.73 Å². The van der Waals surface area contributed by atoms with Crippen LogP contribution in [0.1, 0.15) is 12.8 Å². The molecule has 2 rings (SSSR count). The van der Waals surface area contributed by atoms with Crippen LogP contribution in [-0.2, 0) is 9.59 Å². The molecule has 2 unspecified atom stereocenters. The molecule has 2 saturated heterocycles. The van der Waals surface area contributed by atoms with Crippen molar-refractivity contribution in [3.05, 3.63) is 0 Å². The van der Waals surface area contributed by atoms with Crippen LogP contribution in [0.25, 0.3) is 0 Å². The van der Waals surface area contributed by atoms with Crippen molar-refractivity contribution < 1.29 is 9.59 Å². The molecule has 0 aliphatic carbocycles. The van der Waals surface area contributed by atoms with Gasteiger partial charge in [0.1, 0.15) is 0 Å². The second-order valence-electron chi connectivity index (χ2n) is 3.36. The molecule has 0 bridgehead atoms. The van der Waals surface area contributed by atoms with Gasteiger partial charge in [0.2, 0.25) is 10.2 Å². The van der Waals surface area contributed by atoms with Crippen LogP contribution < -0.4 is 11.1 Å². The molecule has 6 heteroatoms. The molecular weight excluding hydrogens is 232 g/mol. The topological polar surface area (TPSA) is 72.2 Å². The minimum Gasteiger partial charge on any atom is -0.321 e. The lowest BCUT2D eigenvalue weighted by Crippen LogP contribution is -2.27. The zero-order chi connectivity index (χ0) is 11.3. The fourth-order valence-corrected chi connectivity index (χ4v) is 3.17. The van der Waals surface area contributed by atoms with Crippen LogP contribution in [0.4, 0.5) is 0 Å². The Morgan fingerprint density at radius 3 is 2.00 bits per heavy atom. The van der Waals surface area contributed by atoms with E-state index in [4.69, 9.17) is 5.73 Å². The molecule has 0 aromatic heterocycles. The Morgan fingerprint density at radius 2 is 1.80 bits per heavy atom. The summed E-state index contributed by atoms with van der Waals surface area (Å²) >= 11 is 2.77. The minimum absolute atomic E-state index is 0.139. The summed E-state index contributed by atoms with van der Waals surface area (Å²) in [5, 5.41) is 3.39. The average molecular weight is 248 g/mol. The highest BCUT2D eigenvalue weighted by Gasteiger charge is 2.22. The van der Waals surface area contributed by atoms with Crippen LogP contribution in [-0.4, -0.2) is 40.9 Å². The molecule has 0 spiro atoms. The van der Waals surface area contributed by atoms with Crippen molar-refractivity contribution in [1.82, 2.24) is 5.32 Å². The Morgan fingerprint density at radius 1 is 1.20 bits per heavy atom. The quantitative estimate of drug-likeness (QED) is 0.691. The van der Waals surface area contributed by atoms with Gasteiger partial charge in [0.15, 0.2) is 0 Å². The summed E-state index contributed by atoms with van der Waals surface area (Å²) in [6, 6.07) is -0.0231. The second kappa shape index (κ2) is 6.52. The minimum atomic E-state index is -0.162. The maximum atomic E-state index is 10.7. The summed E-state index contributed by atoms with van der Waals surface area (Å²) in [5.41, 5.74) is 5.31. The van der Waals surface area contributed by atoms with E-state index in [1.54, 1.807) is 0 Å². The van der Waals surface area contributed by atoms with E-state index in [2.05, 4.69) is 5.32 Å². The highest BCUT2D eigenvalue weighted by atomic mass is 32.2. The lowest BCUT2D eigenvalue weighted by Gasteiger charge is -2.00. The lowest BCUT2D eigenvalue weighted by molar-refractivity contribution is -0.112. The number of hydrogen-bond donors (Lipinski definition) is 2. The molecule has 2 heterocycles. The normalized spacial score (nSPS) is 30.3. The van der Waals surface area contributed by atoms with Gasteiger partial charge < -0.3 is 11.1 Å². The van der Waals surface area contributed by atoms with Crippen LogP contribution >= 0.6 is 23.5 Å². The van der Waals surface area contributed by atoms with Crippen LogP contribution in [0.15, 0.2) is 0 Å². The maximum absolute atomic E-state index is 10.7. The summed E-state index contributed by atoms with van der Waals surface area (Å²) < 4.78 is 0. The van der Waals surface area contributed by atoms with Gasteiger partial charge in [0, 0.05) is 11.5 Å². The maximum Gasteiger partial charge on any atom is 0.205 e. The summed E-state index contributed by atoms with van der Waals surface area (Å²) in [6.07, 6.45) is 1.86. The highest BCUT2D eigenvalue weighted by molar-refractivity contribution is 8.14. The number of rotatable bonds is 1. The lowest BCUT2D eigenvalue weighted by atomic mass is 10.3. The Kier molecular flexibility index (Phi) is 5.66. The summed E-state index contributed by atoms with van der Waals surface area (Å²) in [6.45, 7) is 0. The van der Waals surface area contributed by atoms with Crippen molar-refractivity contribution in [2.75, 3.05) is 18.6 Å². The third-order valence-electron chi connectivity index (χ3n) is 2.26. The van der Waals surface area contributed by atoms with Gasteiger partial charge in [0.25, 0.3) is 0 Å². The van der Waals surface area contributed by atoms with E-state index in [9.17, 15) is 9.59 Å². The van der Waals surface area contributed by atoms with Gasteiger partial charge in [-0.3, -0.25) is 9.59 Å².